The predicted octanol–water partition coefficient (Wildman–Crippen LogP) is 6.89. The van der Waals surface area contributed by atoms with Crippen LogP contribution in [0.2, 0.25) is 0 Å². The molecule has 0 bridgehead atoms. The van der Waals surface area contributed by atoms with E-state index in [2.05, 4.69) is 29.6 Å². The highest BCUT2D eigenvalue weighted by molar-refractivity contribution is 5.77. The van der Waals surface area contributed by atoms with E-state index in [4.69, 9.17) is 0 Å². The molecule has 0 aromatic heterocycles. The molecule has 2 heteroatoms. The molecule has 0 atom stereocenters. The zero-order chi connectivity index (χ0) is 19.1. The summed E-state index contributed by atoms with van der Waals surface area (Å²) in [6.45, 7) is 4.97. The number of anilines is 1. The van der Waals surface area contributed by atoms with E-state index < -0.39 is 0 Å². The molecule has 2 saturated carbocycles. The van der Waals surface area contributed by atoms with Crippen molar-refractivity contribution < 1.29 is 4.79 Å². The normalized spacial score (nSPS) is 22.3. The average molecular weight is 370 g/mol. The predicted molar refractivity (Wildman–Crippen MR) is 115 cm³/mol. The van der Waals surface area contributed by atoms with Crippen molar-refractivity contribution in [3.8, 4) is 0 Å². The van der Waals surface area contributed by atoms with Crippen LogP contribution in [0.5, 0.6) is 0 Å². The minimum absolute atomic E-state index is 0.343. The monoisotopic (exact) mass is 369 g/mol. The molecular weight excluding hydrogens is 330 g/mol. The van der Waals surface area contributed by atoms with E-state index in [0.717, 1.165) is 11.8 Å². The number of carbonyl (C=O) groups excluding carboxylic acids is 1. The first kappa shape index (κ1) is 20.4. The van der Waals surface area contributed by atoms with Crippen LogP contribution in [0.25, 0.3) is 0 Å². The van der Waals surface area contributed by atoms with Gasteiger partial charge in [-0.1, -0.05) is 70.6 Å². The number of Topliss-reactive ketones (excluding diaryl/α,β-unsaturated/α-hetero) is 1. The van der Waals surface area contributed by atoms with E-state index in [1.54, 1.807) is 5.56 Å². The van der Waals surface area contributed by atoms with Crippen molar-refractivity contribution in [1.29, 1.82) is 0 Å². The third kappa shape index (κ3) is 4.41. The van der Waals surface area contributed by atoms with Crippen LogP contribution in [0, 0.1) is 11.8 Å². The first-order valence-corrected chi connectivity index (χ1v) is 11.6. The molecule has 27 heavy (non-hydrogen) atoms. The molecule has 2 fully saturated rings. The molecule has 1 aromatic rings. The summed E-state index contributed by atoms with van der Waals surface area (Å²) in [4.78, 5) is 10.2. The van der Waals surface area contributed by atoms with E-state index in [-0.39, 0.29) is 0 Å². The number of rotatable bonds is 4. The molecule has 1 N–H and O–H groups in total. The molecular formula is C25H39NO. The van der Waals surface area contributed by atoms with Crippen molar-refractivity contribution in [2.75, 3.05) is 11.9 Å². The van der Waals surface area contributed by atoms with E-state index in [1.807, 2.05) is 13.8 Å². The molecule has 0 unspecified atom stereocenters. The summed E-state index contributed by atoms with van der Waals surface area (Å²) in [5.41, 5.74) is 3.56. The van der Waals surface area contributed by atoms with E-state index in [9.17, 15) is 4.79 Å². The second-order valence-corrected chi connectivity index (χ2v) is 8.86. The molecule has 2 nitrogen and oxygen atoms in total. The molecule has 4 rings (SSSR count). The number of nitrogens with one attached hydrogen (secondary N) is 1. The Kier molecular flexibility index (Phi) is 7.38. The molecule has 3 aliphatic rings. The molecule has 1 aliphatic heterocycles. The van der Waals surface area contributed by atoms with Gasteiger partial charge in [-0.15, -0.1) is 0 Å². The Morgan fingerprint density at radius 2 is 1.41 bits per heavy atom. The average Bonchev–Trinajstić information content (AvgIpc) is 3.15. The van der Waals surface area contributed by atoms with E-state index >= 15 is 0 Å². The number of fused-ring (bicyclic) bond motifs is 1. The van der Waals surface area contributed by atoms with Crippen molar-refractivity contribution in [3.63, 3.8) is 0 Å². The van der Waals surface area contributed by atoms with Gasteiger partial charge in [0.2, 0.25) is 0 Å². The maximum atomic E-state index is 10.2. The second kappa shape index (κ2) is 9.75. The van der Waals surface area contributed by atoms with Gasteiger partial charge in [0.15, 0.2) is 0 Å². The first-order chi connectivity index (χ1) is 13.2. The van der Waals surface area contributed by atoms with Gasteiger partial charge in [-0.3, -0.25) is 4.79 Å². The van der Waals surface area contributed by atoms with E-state index in [1.165, 1.54) is 76.4 Å². The Morgan fingerprint density at radius 1 is 0.889 bits per heavy atom. The van der Waals surface area contributed by atoms with Gasteiger partial charge >= 0.3 is 0 Å². The summed E-state index contributed by atoms with van der Waals surface area (Å²) in [6, 6.07) is 9.22. The van der Waals surface area contributed by atoms with Crippen LogP contribution in [-0.4, -0.2) is 12.3 Å². The summed E-state index contributed by atoms with van der Waals surface area (Å²) >= 11 is 0. The third-order valence-electron chi connectivity index (χ3n) is 7.46. The standard InChI is InChI=1S/C20H29N.C5H10O/c1-3-9-16(10-4-1)20(17-11-5-2-6-12-17)15-21-19-14-8-7-13-18(19)20;1-3-5(6)4-2/h7-8,13-14,16-17,21H,1-6,9-12,15H2;3-4H2,1-2H3. The van der Waals surface area contributed by atoms with Crippen LogP contribution in [-0.2, 0) is 10.2 Å². The van der Waals surface area contributed by atoms with Gasteiger partial charge in [0.05, 0.1) is 0 Å². The molecule has 0 amide bonds. The van der Waals surface area contributed by atoms with Crippen molar-refractivity contribution in [1.82, 2.24) is 0 Å². The Balaban J connectivity index is 0.000000307. The number of para-hydroxylation sites is 1. The molecule has 0 spiro atoms. The molecule has 150 valence electrons. The van der Waals surface area contributed by atoms with Crippen molar-refractivity contribution >= 4 is 11.5 Å². The van der Waals surface area contributed by atoms with Crippen LogP contribution in [0.4, 0.5) is 5.69 Å². The maximum absolute atomic E-state index is 10.2. The summed E-state index contributed by atoms with van der Waals surface area (Å²) in [5, 5.41) is 3.79. The lowest BCUT2D eigenvalue weighted by Crippen LogP contribution is -2.46. The zero-order valence-electron chi connectivity index (χ0n) is 17.6. The minimum atomic E-state index is 0.343. The lowest BCUT2D eigenvalue weighted by atomic mass is 9.57. The lowest BCUT2D eigenvalue weighted by molar-refractivity contribution is -0.118. The summed E-state index contributed by atoms with van der Waals surface area (Å²) in [6.07, 6.45) is 16.0. The first-order valence-electron chi connectivity index (χ1n) is 11.6. The van der Waals surface area contributed by atoms with Gasteiger partial charge in [0, 0.05) is 30.5 Å². The van der Waals surface area contributed by atoms with Gasteiger partial charge in [0.25, 0.3) is 0 Å². The number of hydrogen-bond acceptors (Lipinski definition) is 2. The smallest absolute Gasteiger partial charge is 0.132 e. The minimum Gasteiger partial charge on any atom is -0.384 e. The molecule has 1 heterocycles. The fraction of sp³-hybridized carbons (Fsp3) is 0.720. The zero-order valence-corrected chi connectivity index (χ0v) is 17.6. The van der Waals surface area contributed by atoms with Crippen molar-refractivity contribution in [2.24, 2.45) is 11.8 Å². The van der Waals surface area contributed by atoms with Crippen LogP contribution in [0.3, 0.4) is 0 Å². The Hall–Kier alpha value is -1.31. The fourth-order valence-corrected chi connectivity index (χ4v) is 5.93. The molecule has 1 aromatic carbocycles. The summed E-state index contributed by atoms with van der Waals surface area (Å²) in [5.74, 6) is 2.19. The maximum Gasteiger partial charge on any atom is 0.132 e. The second-order valence-electron chi connectivity index (χ2n) is 8.86. The highest BCUT2D eigenvalue weighted by atomic mass is 16.1. The third-order valence-corrected chi connectivity index (χ3v) is 7.46. The number of hydrogen-bond donors (Lipinski definition) is 1. The van der Waals surface area contributed by atoms with Gasteiger partial charge in [-0.25, -0.2) is 0 Å². The summed E-state index contributed by atoms with van der Waals surface area (Å²) < 4.78 is 0. The molecule has 0 saturated heterocycles. The van der Waals surface area contributed by atoms with Crippen LogP contribution in [0.1, 0.15) is 96.5 Å². The Labute approximate surface area is 166 Å². The number of benzene rings is 1. The molecule has 0 radical (unpaired) electrons. The van der Waals surface area contributed by atoms with Gasteiger partial charge in [-0.2, -0.15) is 0 Å². The Morgan fingerprint density at radius 3 is 1.89 bits per heavy atom. The number of ketones is 1. The summed E-state index contributed by atoms with van der Waals surface area (Å²) in [7, 11) is 0. The van der Waals surface area contributed by atoms with Crippen molar-refractivity contribution in [3.05, 3.63) is 29.8 Å². The largest absolute Gasteiger partial charge is 0.384 e. The van der Waals surface area contributed by atoms with Crippen molar-refractivity contribution in [2.45, 2.75) is 96.3 Å². The number of carbonyl (C=O) groups is 1. The highest BCUT2D eigenvalue weighted by Crippen LogP contribution is 2.54. The quantitative estimate of drug-likeness (QED) is 0.626. The SMILES string of the molecule is CCC(=O)CC.c1ccc2c(c1)NCC2(C1CCCCC1)C1CCCCC1. The fourth-order valence-electron chi connectivity index (χ4n) is 5.93. The lowest BCUT2D eigenvalue weighted by Gasteiger charge is -2.47. The molecule has 2 aliphatic carbocycles. The van der Waals surface area contributed by atoms with E-state index in [0.29, 0.717) is 24.0 Å². The highest BCUT2D eigenvalue weighted by Gasteiger charge is 2.50. The van der Waals surface area contributed by atoms with Crippen LogP contribution < -0.4 is 5.32 Å². The van der Waals surface area contributed by atoms with Gasteiger partial charge in [0.1, 0.15) is 5.78 Å². The van der Waals surface area contributed by atoms with Gasteiger partial charge in [-0.05, 0) is 49.1 Å². The van der Waals surface area contributed by atoms with Gasteiger partial charge < -0.3 is 5.32 Å². The van der Waals surface area contributed by atoms with Crippen LogP contribution in [0.15, 0.2) is 24.3 Å². The van der Waals surface area contributed by atoms with Crippen LogP contribution >= 0.6 is 0 Å². The Bertz CT molecular complexity index is 572. The topological polar surface area (TPSA) is 29.1 Å².